The first-order chi connectivity index (χ1) is 18.3. The highest BCUT2D eigenvalue weighted by atomic mass is 19.1. The standard InChI is InChI=1S/C30H26F3N3O2/c1-17-9-19(4-6-26(17)33)24-3-2-8-34-30(24)28(12-18-10-21(31)14-22(32)11-18)36-29(38)13-20-16-35-27-7-5-23(37)15-25(20)27/h2-11,14-17,26,28,35,37H,12-13H2,1H3,(H,36,38)/t17?,26?,28-/m0/s1. The third kappa shape index (κ3) is 5.49. The SMILES string of the molecule is CC1C=C(c2cccnc2[C@H](Cc2cc(F)cc(F)c2)NC(=O)Cc2c[nH]c3ccc(O)cc23)C=CC1F. The minimum absolute atomic E-state index is 0.00277. The van der Waals surface area contributed by atoms with E-state index in [1.165, 1.54) is 18.2 Å². The minimum atomic E-state index is -1.10. The van der Waals surface area contributed by atoms with E-state index >= 15 is 0 Å². The van der Waals surface area contributed by atoms with Gasteiger partial charge in [-0.3, -0.25) is 9.78 Å². The van der Waals surface area contributed by atoms with Gasteiger partial charge < -0.3 is 15.4 Å². The van der Waals surface area contributed by atoms with Crippen molar-refractivity contribution in [3.8, 4) is 5.75 Å². The van der Waals surface area contributed by atoms with Crippen molar-refractivity contribution in [3.05, 3.63) is 113 Å². The molecule has 38 heavy (non-hydrogen) atoms. The van der Waals surface area contributed by atoms with Crippen LogP contribution in [0.1, 0.15) is 35.3 Å². The highest BCUT2D eigenvalue weighted by Gasteiger charge is 2.24. The van der Waals surface area contributed by atoms with Crippen LogP contribution in [0.5, 0.6) is 5.75 Å². The van der Waals surface area contributed by atoms with Gasteiger partial charge in [-0.1, -0.05) is 25.1 Å². The van der Waals surface area contributed by atoms with Crippen LogP contribution in [0.2, 0.25) is 0 Å². The summed E-state index contributed by atoms with van der Waals surface area (Å²) in [5.41, 5.74) is 3.77. The highest BCUT2D eigenvalue weighted by molar-refractivity contribution is 5.90. The number of nitrogens with one attached hydrogen (secondary N) is 2. The third-order valence-electron chi connectivity index (χ3n) is 6.68. The van der Waals surface area contributed by atoms with Gasteiger partial charge in [0.1, 0.15) is 23.6 Å². The Balaban J connectivity index is 1.49. The number of aromatic amines is 1. The van der Waals surface area contributed by atoms with Crippen LogP contribution < -0.4 is 5.32 Å². The molecule has 4 aromatic rings. The zero-order valence-corrected chi connectivity index (χ0v) is 20.6. The summed E-state index contributed by atoms with van der Waals surface area (Å²) in [5, 5.41) is 13.6. The maximum Gasteiger partial charge on any atom is 0.225 e. The van der Waals surface area contributed by atoms with Crippen LogP contribution in [0.4, 0.5) is 13.2 Å². The zero-order chi connectivity index (χ0) is 26.8. The number of allylic oxidation sites excluding steroid dienone is 4. The summed E-state index contributed by atoms with van der Waals surface area (Å²) in [6.45, 7) is 1.78. The molecule has 0 spiro atoms. The molecule has 0 saturated carbocycles. The normalized spacial score (nSPS) is 17.8. The second-order valence-electron chi connectivity index (χ2n) is 9.54. The summed E-state index contributed by atoms with van der Waals surface area (Å²) in [4.78, 5) is 20.9. The molecule has 2 aromatic heterocycles. The number of alkyl halides is 1. The lowest BCUT2D eigenvalue weighted by atomic mass is 9.89. The van der Waals surface area contributed by atoms with Crippen LogP contribution >= 0.6 is 0 Å². The van der Waals surface area contributed by atoms with Gasteiger partial charge in [0, 0.05) is 40.8 Å². The largest absolute Gasteiger partial charge is 0.508 e. The van der Waals surface area contributed by atoms with Gasteiger partial charge in [-0.25, -0.2) is 13.2 Å². The van der Waals surface area contributed by atoms with Crippen molar-refractivity contribution in [2.75, 3.05) is 0 Å². The molecule has 0 bridgehead atoms. The second kappa shape index (κ2) is 10.6. The molecule has 194 valence electrons. The number of benzene rings is 2. The Kier molecular flexibility index (Phi) is 7.05. The molecular formula is C30H26F3N3O2. The predicted octanol–water partition coefficient (Wildman–Crippen LogP) is 6.12. The van der Waals surface area contributed by atoms with Crippen molar-refractivity contribution in [3.63, 3.8) is 0 Å². The zero-order valence-electron chi connectivity index (χ0n) is 20.6. The van der Waals surface area contributed by atoms with Gasteiger partial charge in [0.25, 0.3) is 0 Å². The minimum Gasteiger partial charge on any atom is -0.508 e. The van der Waals surface area contributed by atoms with Crippen LogP contribution in [0.25, 0.3) is 16.5 Å². The molecular weight excluding hydrogens is 491 g/mol. The van der Waals surface area contributed by atoms with Gasteiger partial charge >= 0.3 is 0 Å². The number of halogens is 3. The lowest BCUT2D eigenvalue weighted by Crippen LogP contribution is -2.32. The predicted molar refractivity (Wildman–Crippen MR) is 140 cm³/mol. The van der Waals surface area contributed by atoms with Crippen molar-refractivity contribution in [2.45, 2.75) is 32.0 Å². The number of carbonyl (C=O) groups excluding carboxylic acids is 1. The van der Waals surface area contributed by atoms with Crippen LogP contribution in [-0.4, -0.2) is 27.2 Å². The summed E-state index contributed by atoms with van der Waals surface area (Å²) in [5.74, 6) is -2.03. The molecule has 0 saturated heterocycles. The van der Waals surface area contributed by atoms with Crippen molar-refractivity contribution >= 4 is 22.4 Å². The molecule has 3 N–H and O–H groups in total. The fraction of sp³-hybridized carbons (Fsp3) is 0.200. The number of hydrogen-bond donors (Lipinski definition) is 3. The number of amides is 1. The number of pyridine rings is 1. The number of aromatic hydroxyl groups is 1. The summed E-state index contributed by atoms with van der Waals surface area (Å²) in [7, 11) is 0. The Labute approximate surface area is 217 Å². The summed E-state index contributed by atoms with van der Waals surface area (Å²) < 4.78 is 42.1. The quantitative estimate of drug-likeness (QED) is 0.277. The highest BCUT2D eigenvalue weighted by Crippen LogP contribution is 2.32. The molecule has 2 aromatic carbocycles. The molecule has 0 aliphatic heterocycles. The maximum atomic E-state index is 14.1. The average molecular weight is 518 g/mol. The number of fused-ring (bicyclic) bond motifs is 1. The molecule has 1 aliphatic rings. The Morgan fingerprint density at radius 3 is 2.71 bits per heavy atom. The van der Waals surface area contributed by atoms with Crippen LogP contribution in [0.15, 0.2) is 79.2 Å². The maximum absolute atomic E-state index is 14.1. The molecule has 3 atom stereocenters. The van der Waals surface area contributed by atoms with Gasteiger partial charge in [0.05, 0.1) is 18.2 Å². The van der Waals surface area contributed by atoms with E-state index in [0.717, 1.165) is 22.5 Å². The van der Waals surface area contributed by atoms with Crippen molar-refractivity contribution < 1.29 is 23.1 Å². The molecule has 0 radical (unpaired) electrons. The third-order valence-corrected chi connectivity index (χ3v) is 6.68. The van der Waals surface area contributed by atoms with Gasteiger partial charge in [-0.05, 0) is 65.6 Å². The van der Waals surface area contributed by atoms with Crippen molar-refractivity contribution in [1.29, 1.82) is 0 Å². The molecule has 2 heterocycles. The lowest BCUT2D eigenvalue weighted by molar-refractivity contribution is -0.121. The van der Waals surface area contributed by atoms with E-state index in [2.05, 4.69) is 15.3 Å². The van der Waals surface area contributed by atoms with E-state index in [1.54, 1.807) is 49.7 Å². The first-order valence-electron chi connectivity index (χ1n) is 12.3. The Morgan fingerprint density at radius 2 is 1.95 bits per heavy atom. The summed E-state index contributed by atoms with van der Waals surface area (Å²) in [6.07, 6.45) is 7.26. The van der Waals surface area contributed by atoms with Crippen LogP contribution in [0, 0.1) is 17.6 Å². The number of nitrogens with zero attached hydrogens (tertiary/aromatic N) is 1. The summed E-state index contributed by atoms with van der Waals surface area (Å²) >= 11 is 0. The topological polar surface area (TPSA) is 78.0 Å². The average Bonchev–Trinajstić information content (AvgIpc) is 3.26. The Morgan fingerprint density at radius 1 is 1.16 bits per heavy atom. The number of H-pyrrole nitrogens is 1. The monoisotopic (exact) mass is 517 g/mol. The molecule has 5 rings (SSSR count). The van der Waals surface area contributed by atoms with E-state index in [1.807, 2.05) is 12.1 Å². The molecule has 8 heteroatoms. The fourth-order valence-electron chi connectivity index (χ4n) is 4.83. The molecule has 1 aliphatic carbocycles. The van der Waals surface area contributed by atoms with Gasteiger partial charge in [0.2, 0.25) is 5.91 Å². The van der Waals surface area contributed by atoms with E-state index in [-0.39, 0.29) is 30.4 Å². The first kappa shape index (κ1) is 25.3. The number of carbonyl (C=O) groups is 1. The number of rotatable bonds is 7. The second-order valence-corrected chi connectivity index (χ2v) is 9.54. The summed E-state index contributed by atoms with van der Waals surface area (Å²) in [6, 6.07) is 11.0. The van der Waals surface area contributed by atoms with Crippen molar-refractivity contribution in [2.24, 2.45) is 5.92 Å². The van der Waals surface area contributed by atoms with E-state index in [0.29, 0.717) is 22.4 Å². The van der Waals surface area contributed by atoms with Gasteiger partial charge in [0.15, 0.2) is 0 Å². The number of hydrogen-bond acceptors (Lipinski definition) is 3. The molecule has 2 unspecified atom stereocenters. The molecule has 5 nitrogen and oxygen atoms in total. The van der Waals surface area contributed by atoms with Crippen LogP contribution in [0.3, 0.4) is 0 Å². The number of phenolic OH excluding ortho intramolecular Hbond substituents is 1. The van der Waals surface area contributed by atoms with E-state index in [9.17, 15) is 23.1 Å². The lowest BCUT2D eigenvalue weighted by Gasteiger charge is -2.23. The number of phenols is 1. The Bertz CT molecular complexity index is 1540. The molecule has 1 amide bonds. The number of aromatic nitrogens is 2. The fourth-order valence-corrected chi connectivity index (χ4v) is 4.83. The van der Waals surface area contributed by atoms with E-state index in [4.69, 9.17) is 0 Å². The van der Waals surface area contributed by atoms with Gasteiger partial charge in [-0.2, -0.15) is 0 Å². The van der Waals surface area contributed by atoms with E-state index < -0.39 is 23.8 Å². The Hall–Kier alpha value is -4.33. The van der Waals surface area contributed by atoms with Crippen molar-refractivity contribution in [1.82, 2.24) is 15.3 Å². The van der Waals surface area contributed by atoms with Gasteiger partial charge in [-0.15, -0.1) is 0 Å². The molecule has 0 fully saturated rings. The first-order valence-corrected chi connectivity index (χ1v) is 12.3. The smallest absolute Gasteiger partial charge is 0.225 e. The van der Waals surface area contributed by atoms with Crippen LogP contribution in [-0.2, 0) is 17.6 Å².